The van der Waals surface area contributed by atoms with Gasteiger partial charge in [0.05, 0.1) is 7.11 Å². The summed E-state index contributed by atoms with van der Waals surface area (Å²) in [5.41, 5.74) is 0.845. The van der Waals surface area contributed by atoms with Gasteiger partial charge >= 0.3 is 0 Å². The van der Waals surface area contributed by atoms with E-state index in [1.54, 1.807) is 12.0 Å². The number of carbonyl (C=O) groups excluding carboxylic acids is 2. The molecule has 156 valence electrons. The largest absolute Gasteiger partial charge is 0.497 e. The SMILES string of the molecule is CCCCC(CC)C(=O)Nc1nnc(C2CC(=O)N(c3ccc(OC)cc3)C2)s1. The zero-order chi connectivity index (χ0) is 20.8. The molecule has 2 aromatic rings. The lowest BCUT2D eigenvalue weighted by Gasteiger charge is -2.16. The zero-order valence-corrected chi connectivity index (χ0v) is 18.0. The summed E-state index contributed by atoms with van der Waals surface area (Å²) in [7, 11) is 1.62. The van der Waals surface area contributed by atoms with Gasteiger partial charge in [0, 0.05) is 30.5 Å². The summed E-state index contributed by atoms with van der Waals surface area (Å²) in [6.07, 6.45) is 4.21. The molecule has 0 radical (unpaired) electrons. The number of unbranched alkanes of at least 4 members (excludes halogenated alkanes) is 1. The van der Waals surface area contributed by atoms with Gasteiger partial charge in [0.15, 0.2) is 0 Å². The molecule has 3 rings (SSSR count). The standard InChI is InChI=1S/C21H28N4O3S/c1-4-6-7-14(5-2)19(27)22-21-24-23-20(29-21)15-12-18(26)25(13-15)16-8-10-17(28-3)11-9-16/h8-11,14-15H,4-7,12-13H2,1-3H3,(H,22,24,27). The van der Waals surface area contributed by atoms with E-state index in [-0.39, 0.29) is 23.7 Å². The van der Waals surface area contributed by atoms with E-state index in [9.17, 15) is 9.59 Å². The van der Waals surface area contributed by atoms with E-state index in [1.807, 2.05) is 31.2 Å². The van der Waals surface area contributed by atoms with Gasteiger partial charge < -0.3 is 15.0 Å². The summed E-state index contributed by atoms with van der Waals surface area (Å²) in [5, 5.41) is 12.6. The van der Waals surface area contributed by atoms with E-state index in [2.05, 4.69) is 22.4 Å². The normalized spacial score (nSPS) is 17.4. The van der Waals surface area contributed by atoms with Crippen LogP contribution in [0.25, 0.3) is 0 Å². The Bertz CT molecular complexity index is 837. The van der Waals surface area contributed by atoms with Crippen LogP contribution < -0.4 is 15.0 Å². The number of nitrogens with zero attached hydrogens (tertiary/aromatic N) is 3. The average Bonchev–Trinajstić information content (AvgIpc) is 3.35. The van der Waals surface area contributed by atoms with E-state index in [1.165, 1.54) is 11.3 Å². The molecule has 1 aromatic heterocycles. The maximum absolute atomic E-state index is 12.5. The third-order valence-corrected chi connectivity index (χ3v) is 6.30. The second-order valence-corrected chi connectivity index (χ2v) is 8.29. The number of carbonyl (C=O) groups is 2. The van der Waals surface area contributed by atoms with Crippen LogP contribution in [0.5, 0.6) is 5.75 Å². The second kappa shape index (κ2) is 9.82. The van der Waals surface area contributed by atoms with Crippen molar-refractivity contribution in [2.45, 2.75) is 51.9 Å². The van der Waals surface area contributed by atoms with Gasteiger partial charge in [-0.3, -0.25) is 9.59 Å². The summed E-state index contributed by atoms with van der Waals surface area (Å²) >= 11 is 1.36. The van der Waals surface area contributed by atoms with E-state index >= 15 is 0 Å². The fourth-order valence-electron chi connectivity index (χ4n) is 3.51. The lowest BCUT2D eigenvalue weighted by atomic mass is 9.99. The van der Waals surface area contributed by atoms with E-state index in [4.69, 9.17) is 4.74 Å². The van der Waals surface area contributed by atoms with Crippen molar-refractivity contribution in [3.8, 4) is 5.75 Å². The van der Waals surface area contributed by atoms with Gasteiger partial charge in [-0.2, -0.15) is 0 Å². The van der Waals surface area contributed by atoms with Gasteiger partial charge in [0.2, 0.25) is 16.9 Å². The molecule has 8 heteroatoms. The topological polar surface area (TPSA) is 84.4 Å². The van der Waals surface area contributed by atoms with E-state index < -0.39 is 0 Å². The highest BCUT2D eigenvalue weighted by molar-refractivity contribution is 7.15. The number of methoxy groups -OCH3 is 1. The molecular formula is C21H28N4O3S. The zero-order valence-electron chi connectivity index (χ0n) is 17.2. The molecule has 1 aromatic carbocycles. The van der Waals surface area contributed by atoms with Gasteiger partial charge in [-0.25, -0.2) is 0 Å². The molecule has 2 atom stereocenters. The third kappa shape index (κ3) is 5.12. The molecule has 1 fully saturated rings. The first kappa shape index (κ1) is 21.2. The molecule has 1 aliphatic heterocycles. The molecule has 1 saturated heterocycles. The van der Waals surface area contributed by atoms with Crippen LogP contribution in [0.2, 0.25) is 0 Å². The van der Waals surface area contributed by atoms with Crippen molar-refractivity contribution in [2.75, 3.05) is 23.9 Å². The van der Waals surface area contributed by atoms with Crippen molar-refractivity contribution in [2.24, 2.45) is 5.92 Å². The van der Waals surface area contributed by atoms with Crippen molar-refractivity contribution in [3.05, 3.63) is 29.3 Å². The van der Waals surface area contributed by atoms with Crippen LogP contribution in [-0.4, -0.2) is 35.7 Å². The minimum atomic E-state index is -0.0187. The Balaban J connectivity index is 1.63. The molecule has 0 bridgehead atoms. The lowest BCUT2D eigenvalue weighted by Crippen LogP contribution is -2.24. The Hall–Kier alpha value is -2.48. The summed E-state index contributed by atoms with van der Waals surface area (Å²) in [6.45, 7) is 4.71. The molecule has 29 heavy (non-hydrogen) atoms. The lowest BCUT2D eigenvalue weighted by molar-refractivity contribution is -0.120. The molecule has 1 aliphatic rings. The smallest absolute Gasteiger partial charge is 0.229 e. The number of hydrogen-bond acceptors (Lipinski definition) is 6. The van der Waals surface area contributed by atoms with Crippen molar-refractivity contribution in [1.29, 1.82) is 0 Å². The van der Waals surface area contributed by atoms with Crippen LogP contribution in [0.15, 0.2) is 24.3 Å². The first-order chi connectivity index (χ1) is 14.0. The molecule has 2 heterocycles. The quantitative estimate of drug-likeness (QED) is 0.661. The molecule has 2 amide bonds. The number of rotatable bonds is 9. The van der Waals surface area contributed by atoms with Gasteiger partial charge in [-0.05, 0) is 37.1 Å². The van der Waals surface area contributed by atoms with Gasteiger partial charge in [0.25, 0.3) is 0 Å². The minimum absolute atomic E-state index is 0.000854. The Morgan fingerprint density at radius 1 is 1.31 bits per heavy atom. The second-order valence-electron chi connectivity index (χ2n) is 7.29. The molecular weight excluding hydrogens is 388 g/mol. The highest BCUT2D eigenvalue weighted by atomic mass is 32.1. The summed E-state index contributed by atoms with van der Waals surface area (Å²) in [5.74, 6) is 0.805. The molecule has 0 aliphatic carbocycles. The summed E-state index contributed by atoms with van der Waals surface area (Å²) in [4.78, 5) is 26.7. The van der Waals surface area contributed by atoms with Crippen molar-refractivity contribution in [3.63, 3.8) is 0 Å². The predicted octanol–water partition coefficient (Wildman–Crippen LogP) is 4.22. The number of aromatic nitrogens is 2. The van der Waals surface area contributed by atoms with Crippen LogP contribution in [0.4, 0.5) is 10.8 Å². The summed E-state index contributed by atoms with van der Waals surface area (Å²) < 4.78 is 5.18. The van der Waals surface area contributed by atoms with Crippen LogP contribution >= 0.6 is 11.3 Å². The van der Waals surface area contributed by atoms with Crippen LogP contribution in [0.1, 0.15) is 56.9 Å². The number of hydrogen-bond donors (Lipinski definition) is 1. The Morgan fingerprint density at radius 2 is 2.07 bits per heavy atom. The number of benzene rings is 1. The summed E-state index contributed by atoms with van der Waals surface area (Å²) in [6, 6.07) is 7.45. The Labute approximate surface area is 175 Å². The van der Waals surface area contributed by atoms with Gasteiger partial charge in [-0.1, -0.05) is 38.0 Å². The van der Waals surface area contributed by atoms with Crippen molar-refractivity contribution < 1.29 is 14.3 Å². The monoisotopic (exact) mass is 416 g/mol. The van der Waals surface area contributed by atoms with Crippen molar-refractivity contribution >= 4 is 34.0 Å². The Kier molecular flexibility index (Phi) is 7.19. The first-order valence-corrected chi connectivity index (χ1v) is 11.0. The highest BCUT2D eigenvalue weighted by Gasteiger charge is 2.34. The maximum atomic E-state index is 12.5. The highest BCUT2D eigenvalue weighted by Crippen LogP contribution is 2.35. The van der Waals surface area contributed by atoms with E-state index in [0.29, 0.717) is 18.1 Å². The number of anilines is 2. The fraction of sp³-hybridized carbons (Fsp3) is 0.524. The van der Waals surface area contributed by atoms with E-state index in [0.717, 1.165) is 42.1 Å². The molecule has 0 saturated carbocycles. The van der Waals surface area contributed by atoms with Gasteiger partial charge in [-0.15, -0.1) is 10.2 Å². The minimum Gasteiger partial charge on any atom is -0.497 e. The fourth-order valence-corrected chi connectivity index (χ4v) is 4.35. The number of nitrogens with one attached hydrogen (secondary N) is 1. The van der Waals surface area contributed by atoms with Crippen LogP contribution in [0.3, 0.4) is 0 Å². The molecule has 1 N–H and O–H groups in total. The first-order valence-electron chi connectivity index (χ1n) is 10.1. The third-order valence-electron chi connectivity index (χ3n) is 5.30. The number of amides is 2. The van der Waals surface area contributed by atoms with Crippen molar-refractivity contribution in [1.82, 2.24) is 10.2 Å². The molecule has 2 unspecified atom stereocenters. The molecule has 0 spiro atoms. The maximum Gasteiger partial charge on any atom is 0.229 e. The Morgan fingerprint density at radius 3 is 2.72 bits per heavy atom. The average molecular weight is 417 g/mol. The molecule has 7 nitrogen and oxygen atoms in total. The van der Waals surface area contributed by atoms with Gasteiger partial charge in [0.1, 0.15) is 10.8 Å². The predicted molar refractivity (Wildman–Crippen MR) is 115 cm³/mol. The number of ether oxygens (including phenoxy) is 1. The van der Waals surface area contributed by atoms with Crippen LogP contribution in [-0.2, 0) is 9.59 Å². The van der Waals surface area contributed by atoms with Crippen LogP contribution in [0, 0.1) is 5.92 Å².